The summed E-state index contributed by atoms with van der Waals surface area (Å²) in [5.74, 6) is 0.417. The summed E-state index contributed by atoms with van der Waals surface area (Å²) < 4.78 is 3.87. The van der Waals surface area contributed by atoms with Gasteiger partial charge in [0.05, 0.1) is 5.69 Å². The van der Waals surface area contributed by atoms with Gasteiger partial charge in [-0.15, -0.1) is 5.10 Å². The van der Waals surface area contributed by atoms with Gasteiger partial charge < -0.3 is 4.90 Å². The molecule has 3 rings (SSSR count). The summed E-state index contributed by atoms with van der Waals surface area (Å²) in [5.41, 5.74) is 0.698. The molecule has 0 N–H and O–H groups in total. The number of ketones is 1. The molecule has 6 heteroatoms. The van der Waals surface area contributed by atoms with Gasteiger partial charge in [-0.2, -0.15) is 0 Å². The predicted octanol–water partition coefficient (Wildman–Crippen LogP) is 2.60. The lowest BCUT2D eigenvalue weighted by atomic mass is 9.79. The fourth-order valence-corrected chi connectivity index (χ4v) is 4.22. The molecule has 21 heavy (non-hydrogen) atoms. The predicted molar refractivity (Wildman–Crippen MR) is 80.3 cm³/mol. The molecule has 0 aromatic carbocycles. The van der Waals surface area contributed by atoms with Crippen LogP contribution in [-0.2, 0) is 4.79 Å². The van der Waals surface area contributed by atoms with E-state index in [-0.39, 0.29) is 17.9 Å². The van der Waals surface area contributed by atoms with E-state index in [9.17, 15) is 9.59 Å². The van der Waals surface area contributed by atoms with Gasteiger partial charge in [-0.05, 0) is 50.6 Å². The highest BCUT2D eigenvalue weighted by molar-refractivity contribution is 7.07. The molecule has 114 valence electrons. The molecule has 0 radical (unpaired) electrons. The molecule has 1 aromatic heterocycles. The van der Waals surface area contributed by atoms with Crippen molar-refractivity contribution in [3.05, 3.63) is 10.6 Å². The van der Waals surface area contributed by atoms with Crippen LogP contribution in [0.3, 0.4) is 0 Å². The zero-order valence-electron chi connectivity index (χ0n) is 12.4. The molecule has 2 atom stereocenters. The Morgan fingerprint density at radius 1 is 1.24 bits per heavy atom. The number of carbonyl (C=O) groups is 2. The molecule has 1 aliphatic heterocycles. The first-order valence-corrected chi connectivity index (χ1v) is 8.58. The van der Waals surface area contributed by atoms with Crippen LogP contribution in [0, 0.1) is 12.8 Å². The molecule has 2 heterocycles. The second-order valence-electron chi connectivity index (χ2n) is 6.07. The van der Waals surface area contributed by atoms with Crippen molar-refractivity contribution in [1.29, 1.82) is 0 Å². The Morgan fingerprint density at radius 3 is 2.76 bits per heavy atom. The van der Waals surface area contributed by atoms with Crippen LogP contribution in [0.2, 0.25) is 0 Å². The van der Waals surface area contributed by atoms with E-state index in [4.69, 9.17) is 0 Å². The van der Waals surface area contributed by atoms with Crippen LogP contribution in [0.4, 0.5) is 0 Å². The molecule has 2 fully saturated rings. The Balaban J connectivity index is 1.82. The largest absolute Gasteiger partial charge is 0.334 e. The van der Waals surface area contributed by atoms with Crippen molar-refractivity contribution in [3.8, 4) is 0 Å². The zero-order valence-corrected chi connectivity index (χ0v) is 13.2. The fourth-order valence-electron chi connectivity index (χ4n) is 3.60. The number of amides is 1. The minimum absolute atomic E-state index is 0.0190. The van der Waals surface area contributed by atoms with Crippen LogP contribution in [0.5, 0.6) is 0 Å². The summed E-state index contributed by atoms with van der Waals surface area (Å²) >= 11 is 1.16. The summed E-state index contributed by atoms with van der Waals surface area (Å²) in [6.07, 6.45) is 6.82. The first-order chi connectivity index (χ1) is 10.2. The molecule has 5 nitrogen and oxygen atoms in total. The Labute approximate surface area is 128 Å². The molecule has 1 aromatic rings. The lowest BCUT2D eigenvalue weighted by Crippen LogP contribution is -2.50. The number of aryl methyl sites for hydroxylation is 1. The third kappa shape index (κ3) is 2.86. The van der Waals surface area contributed by atoms with Crippen LogP contribution in [-0.4, -0.2) is 38.8 Å². The van der Waals surface area contributed by atoms with Gasteiger partial charge in [-0.1, -0.05) is 10.9 Å². The van der Waals surface area contributed by atoms with Crippen LogP contribution in [0.15, 0.2) is 0 Å². The Morgan fingerprint density at radius 2 is 2.05 bits per heavy atom. The van der Waals surface area contributed by atoms with E-state index >= 15 is 0 Å². The van der Waals surface area contributed by atoms with E-state index in [2.05, 4.69) is 9.59 Å². The molecule has 0 spiro atoms. The minimum Gasteiger partial charge on any atom is -0.334 e. The van der Waals surface area contributed by atoms with Gasteiger partial charge in [0.2, 0.25) is 0 Å². The van der Waals surface area contributed by atoms with Gasteiger partial charge in [0.25, 0.3) is 5.91 Å². The van der Waals surface area contributed by atoms with Gasteiger partial charge in [-0.3, -0.25) is 9.59 Å². The first-order valence-electron chi connectivity index (χ1n) is 7.81. The number of carbonyl (C=O) groups excluding carboxylic acids is 2. The number of piperidine rings is 1. The standard InChI is InChI=1S/C15H21N3O2S/c1-10-14(21-17-16-10)15(20)18-9-5-4-7-12(18)11-6-2-3-8-13(11)19/h11-12H,2-9H2,1H3. The van der Waals surface area contributed by atoms with Crippen LogP contribution < -0.4 is 0 Å². The second kappa shape index (κ2) is 6.22. The molecular weight excluding hydrogens is 286 g/mol. The van der Waals surface area contributed by atoms with Crippen molar-refractivity contribution in [2.24, 2.45) is 5.92 Å². The Bertz CT molecular complexity index is 543. The molecule has 1 saturated heterocycles. The van der Waals surface area contributed by atoms with E-state index < -0.39 is 0 Å². The quantitative estimate of drug-likeness (QED) is 0.842. The third-order valence-corrected chi connectivity index (χ3v) is 5.54. The maximum Gasteiger partial charge on any atom is 0.267 e. The van der Waals surface area contributed by atoms with Gasteiger partial charge in [0, 0.05) is 24.9 Å². The van der Waals surface area contributed by atoms with E-state index in [0.29, 0.717) is 22.8 Å². The van der Waals surface area contributed by atoms with Crippen molar-refractivity contribution in [2.75, 3.05) is 6.54 Å². The lowest BCUT2D eigenvalue weighted by molar-refractivity contribution is -0.127. The minimum atomic E-state index is 0.0190. The molecule has 0 bridgehead atoms. The van der Waals surface area contributed by atoms with E-state index in [0.717, 1.165) is 56.6 Å². The van der Waals surface area contributed by atoms with Crippen molar-refractivity contribution in [1.82, 2.24) is 14.5 Å². The summed E-state index contributed by atoms with van der Waals surface area (Å²) in [7, 11) is 0. The number of aromatic nitrogens is 2. The maximum atomic E-state index is 12.8. The van der Waals surface area contributed by atoms with E-state index in [1.165, 1.54) is 0 Å². The van der Waals surface area contributed by atoms with Gasteiger partial charge in [0.15, 0.2) is 0 Å². The summed E-state index contributed by atoms with van der Waals surface area (Å²) in [5, 5.41) is 3.94. The number of nitrogens with zero attached hydrogens (tertiary/aromatic N) is 3. The van der Waals surface area contributed by atoms with Gasteiger partial charge >= 0.3 is 0 Å². The summed E-state index contributed by atoms with van der Waals surface area (Å²) in [6.45, 7) is 2.58. The zero-order chi connectivity index (χ0) is 14.8. The highest BCUT2D eigenvalue weighted by atomic mass is 32.1. The Kier molecular flexibility index (Phi) is 4.33. The van der Waals surface area contributed by atoms with Crippen LogP contribution in [0.1, 0.15) is 60.3 Å². The van der Waals surface area contributed by atoms with Crippen molar-refractivity contribution in [2.45, 2.75) is 57.9 Å². The number of likely N-dealkylation sites (tertiary alicyclic amines) is 1. The summed E-state index contributed by atoms with van der Waals surface area (Å²) in [6, 6.07) is 0.0838. The van der Waals surface area contributed by atoms with Gasteiger partial charge in [-0.25, -0.2) is 0 Å². The third-order valence-electron chi connectivity index (χ3n) is 4.72. The van der Waals surface area contributed by atoms with Gasteiger partial charge in [0.1, 0.15) is 10.7 Å². The summed E-state index contributed by atoms with van der Waals surface area (Å²) in [4.78, 5) is 27.6. The molecule has 1 amide bonds. The highest BCUT2D eigenvalue weighted by Crippen LogP contribution is 2.33. The molecule has 1 aliphatic carbocycles. The number of hydrogen-bond acceptors (Lipinski definition) is 5. The molecule has 2 unspecified atom stereocenters. The van der Waals surface area contributed by atoms with Crippen LogP contribution >= 0.6 is 11.5 Å². The SMILES string of the molecule is Cc1nnsc1C(=O)N1CCCCC1C1CCCCC1=O. The van der Waals surface area contributed by atoms with E-state index in [1.54, 1.807) is 0 Å². The lowest BCUT2D eigenvalue weighted by Gasteiger charge is -2.41. The number of Topliss-reactive ketones (excluding diaryl/α,β-unsaturated/α-hetero) is 1. The molecular formula is C15H21N3O2S. The smallest absolute Gasteiger partial charge is 0.267 e. The Hall–Kier alpha value is -1.30. The average Bonchev–Trinajstić information content (AvgIpc) is 2.93. The highest BCUT2D eigenvalue weighted by Gasteiger charge is 2.38. The average molecular weight is 307 g/mol. The monoisotopic (exact) mass is 307 g/mol. The normalized spacial score (nSPS) is 26.9. The first kappa shape index (κ1) is 14.6. The number of hydrogen-bond donors (Lipinski definition) is 0. The molecule has 1 saturated carbocycles. The topological polar surface area (TPSA) is 63.2 Å². The van der Waals surface area contributed by atoms with Crippen molar-refractivity contribution >= 4 is 23.2 Å². The fraction of sp³-hybridized carbons (Fsp3) is 0.733. The van der Waals surface area contributed by atoms with Crippen LogP contribution in [0.25, 0.3) is 0 Å². The van der Waals surface area contributed by atoms with Crippen molar-refractivity contribution < 1.29 is 9.59 Å². The number of rotatable bonds is 2. The van der Waals surface area contributed by atoms with E-state index in [1.807, 2.05) is 11.8 Å². The molecule has 2 aliphatic rings. The van der Waals surface area contributed by atoms with Crippen molar-refractivity contribution in [3.63, 3.8) is 0 Å². The second-order valence-corrected chi connectivity index (χ2v) is 6.82. The maximum absolute atomic E-state index is 12.8.